The molecule has 20 heavy (non-hydrogen) atoms. The minimum Gasteiger partial charge on any atom is -0.497 e. The van der Waals surface area contributed by atoms with E-state index in [1.54, 1.807) is 39.3 Å². The molecule has 0 aromatic heterocycles. The van der Waals surface area contributed by atoms with Gasteiger partial charge in [-0.15, -0.1) is 11.6 Å². The van der Waals surface area contributed by atoms with Crippen LogP contribution in [-0.4, -0.2) is 14.2 Å². The third-order valence-corrected chi connectivity index (χ3v) is 3.67. The van der Waals surface area contributed by atoms with Crippen molar-refractivity contribution >= 4 is 11.6 Å². The van der Waals surface area contributed by atoms with Crippen molar-refractivity contribution in [2.45, 2.75) is 12.3 Å². The Labute approximate surface area is 123 Å². The van der Waals surface area contributed by atoms with Crippen LogP contribution in [0.4, 0.5) is 4.39 Å². The lowest BCUT2D eigenvalue weighted by molar-refractivity contribution is 0.399. The van der Waals surface area contributed by atoms with E-state index in [1.807, 2.05) is 12.1 Å². The van der Waals surface area contributed by atoms with Crippen LogP contribution in [0.3, 0.4) is 0 Å². The maximum atomic E-state index is 13.3. The number of halogens is 2. The summed E-state index contributed by atoms with van der Waals surface area (Å²) in [5.41, 5.74) is 2.17. The average molecular weight is 295 g/mol. The first kappa shape index (κ1) is 14.7. The smallest absolute Gasteiger partial charge is 0.126 e. The summed E-state index contributed by atoms with van der Waals surface area (Å²) in [6.45, 7) is 1.71. The molecule has 0 saturated carbocycles. The van der Waals surface area contributed by atoms with Crippen LogP contribution >= 0.6 is 11.6 Å². The average Bonchev–Trinajstić information content (AvgIpc) is 2.48. The molecule has 2 rings (SSSR count). The number of hydrogen-bond donors (Lipinski definition) is 0. The van der Waals surface area contributed by atoms with Gasteiger partial charge in [-0.05, 0) is 42.3 Å². The Morgan fingerprint density at radius 2 is 1.80 bits per heavy atom. The molecule has 4 heteroatoms. The molecular weight excluding hydrogens is 279 g/mol. The van der Waals surface area contributed by atoms with Crippen molar-refractivity contribution < 1.29 is 13.9 Å². The van der Waals surface area contributed by atoms with Gasteiger partial charge in [0.2, 0.25) is 0 Å². The van der Waals surface area contributed by atoms with Crippen LogP contribution in [-0.2, 0) is 0 Å². The number of methoxy groups -OCH3 is 2. The molecule has 0 bridgehead atoms. The lowest BCUT2D eigenvalue weighted by Crippen LogP contribution is -1.99. The number of ether oxygens (including phenoxy) is 2. The minimum atomic E-state index is -0.431. The summed E-state index contributed by atoms with van der Waals surface area (Å²) < 4.78 is 23.9. The summed E-state index contributed by atoms with van der Waals surface area (Å²) in [6, 6.07) is 10.3. The Morgan fingerprint density at radius 1 is 1.05 bits per heavy atom. The monoisotopic (exact) mass is 294 g/mol. The fourth-order valence-electron chi connectivity index (χ4n) is 2.04. The quantitative estimate of drug-likeness (QED) is 0.774. The molecule has 0 aliphatic carbocycles. The van der Waals surface area contributed by atoms with Crippen molar-refractivity contribution in [2.75, 3.05) is 14.2 Å². The van der Waals surface area contributed by atoms with Crippen LogP contribution in [0.2, 0.25) is 0 Å². The highest BCUT2D eigenvalue weighted by Gasteiger charge is 2.17. The maximum absolute atomic E-state index is 13.3. The molecule has 0 fully saturated rings. The Bertz CT molecular complexity index is 613. The molecule has 0 heterocycles. The molecule has 2 aromatic carbocycles. The highest BCUT2D eigenvalue weighted by atomic mass is 35.5. The van der Waals surface area contributed by atoms with Crippen molar-refractivity contribution in [2.24, 2.45) is 0 Å². The lowest BCUT2D eigenvalue weighted by atomic mass is 10.0. The molecule has 1 unspecified atom stereocenters. The van der Waals surface area contributed by atoms with Gasteiger partial charge < -0.3 is 9.47 Å². The standard InChI is InChI=1S/C16H16ClFO2/c1-10-8-11(4-6-14(10)18)16(17)13-9-12(19-2)5-7-15(13)20-3/h4-9,16H,1-3H3. The van der Waals surface area contributed by atoms with Crippen LogP contribution < -0.4 is 9.47 Å². The normalized spacial score (nSPS) is 12.1. The second kappa shape index (κ2) is 6.14. The summed E-state index contributed by atoms with van der Waals surface area (Å²) in [4.78, 5) is 0. The highest BCUT2D eigenvalue weighted by molar-refractivity contribution is 6.22. The molecule has 2 nitrogen and oxygen atoms in total. The molecule has 0 aliphatic heterocycles. The first-order chi connectivity index (χ1) is 9.56. The Morgan fingerprint density at radius 3 is 2.40 bits per heavy atom. The molecule has 106 valence electrons. The zero-order chi connectivity index (χ0) is 14.7. The molecular formula is C16H16ClFO2. The molecule has 0 amide bonds. The predicted octanol–water partition coefficient (Wildman–Crippen LogP) is 4.48. The van der Waals surface area contributed by atoms with Gasteiger partial charge in [0.05, 0.1) is 19.6 Å². The highest BCUT2D eigenvalue weighted by Crippen LogP contribution is 2.37. The number of benzene rings is 2. The second-order valence-corrected chi connectivity index (χ2v) is 4.92. The molecule has 2 aromatic rings. The molecule has 0 N–H and O–H groups in total. The largest absolute Gasteiger partial charge is 0.497 e. The number of hydrogen-bond acceptors (Lipinski definition) is 2. The van der Waals surface area contributed by atoms with Crippen LogP contribution in [0.25, 0.3) is 0 Å². The number of alkyl halides is 1. The maximum Gasteiger partial charge on any atom is 0.126 e. The summed E-state index contributed by atoms with van der Waals surface area (Å²) in [5.74, 6) is 1.13. The first-order valence-electron chi connectivity index (χ1n) is 6.19. The van der Waals surface area contributed by atoms with Gasteiger partial charge in [0.1, 0.15) is 17.3 Å². The zero-order valence-electron chi connectivity index (χ0n) is 11.6. The first-order valence-corrected chi connectivity index (χ1v) is 6.62. The van der Waals surface area contributed by atoms with Crippen LogP contribution in [0.5, 0.6) is 11.5 Å². The molecule has 0 radical (unpaired) electrons. The zero-order valence-corrected chi connectivity index (χ0v) is 12.4. The summed E-state index contributed by atoms with van der Waals surface area (Å²) in [5, 5.41) is -0.431. The SMILES string of the molecule is COc1ccc(OC)c(C(Cl)c2ccc(F)c(C)c2)c1. The van der Waals surface area contributed by atoms with Crippen LogP contribution in [0, 0.1) is 12.7 Å². The van der Waals surface area contributed by atoms with Gasteiger partial charge in [-0.25, -0.2) is 4.39 Å². The third-order valence-electron chi connectivity index (χ3n) is 3.18. The molecule has 0 spiro atoms. The van der Waals surface area contributed by atoms with E-state index in [-0.39, 0.29) is 5.82 Å². The van der Waals surface area contributed by atoms with E-state index < -0.39 is 5.38 Å². The summed E-state index contributed by atoms with van der Waals surface area (Å²) >= 11 is 6.51. The fourth-order valence-corrected chi connectivity index (χ4v) is 2.35. The van der Waals surface area contributed by atoms with E-state index in [0.717, 1.165) is 11.1 Å². The van der Waals surface area contributed by atoms with Crippen molar-refractivity contribution in [3.05, 3.63) is 58.9 Å². The topological polar surface area (TPSA) is 18.5 Å². The molecule has 1 atom stereocenters. The summed E-state index contributed by atoms with van der Waals surface area (Å²) in [6.07, 6.45) is 0. The molecule has 0 saturated heterocycles. The third kappa shape index (κ3) is 2.88. The number of aryl methyl sites for hydroxylation is 1. The van der Waals surface area contributed by atoms with E-state index in [0.29, 0.717) is 17.1 Å². The van der Waals surface area contributed by atoms with Crippen LogP contribution in [0.1, 0.15) is 22.1 Å². The van der Waals surface area contributed by atoms with Gasteiger partial charge >= 0.3 is 0 Å². The van der Waals surface area contributed by atoms with Gasteiger partial charge in [0, 0.05) is 5.56 Å². The van der Waals surface area contributed by atoms with E-state index in [4.69, 9.17) is 21.1 Å². The van der Waals surface area contributed by atoms with Gasteiger partial charge in [-0.2, -0.15) is 0 Å². The van der Waals surface area contributed by atoms with Crippen LogP contribution in [0.15, 0.2) is 36.4 Å². The predicted molar refractivity (Wildman–Crippen MR) is 78.4 cm³/mol. The van der Waals surface area contributed by atoms with Gasteiger partial charge in [-0.1, -0.05) is 12.1 Å². The van der Waals surface area contributed by atoms with E-state index in [1.165, 1.54) is 6.07 Å². The second-order valence-electron chi connectivity index (χ2n) is 4.48. The van der Waals surface area contributed by atoms with Crippen molar-refractivity contribution in [3.63, 3.8) is 0 Å². The number of rotatable bonds is 4. The Balaban J connectivity index is 2.45. The Hall–Kier alpha value is -1.74. The fraction of sp³-hybridized carbons (Fsp3) is 0.250. The summed E-state index contributed by atoms with van der Waals surface area (Å²) in [7, 11) is 3.18. The Kier molecular flexibility index (Phi) is 4.50. The minimum absolute atomic E-state index is 0.241. The lowest BCUT2D eigenvalue weighted by Gasteiger charge is -2.16. The van der Waals surface area contributed by atoms with Crippen molar-refractivity contribution in [1.29, 1.82) is 0 Å². The van der Waals surface area contributed by atoms with E-state index in [9.17, 15) is 4.39 Å². The van der Waals surface area contributed by atoms with Crippen molar-refractivity contribution in [3.8, 4) is 11.5 Å². The van der Waals surface area contributed by atoms with E-state index >= 15 is 0 Å². The van der Waals surface area contributed by atoms with Gasteiger partial charge in [0.25, 0.3) is 0 Å². The van der Waals surface area contributed by atoms with Gasteiger partial charge in [0.15, 0.2) is 0 Å². The van der Waals surface area contributed by atoms with E-state index in [2.05, 4.69) is 0 Å². The molecule has 0 aliphatic rings. The van der Waals surface area contributed by atoms with Crippen molar-refractivity contribution in [1.82, 2.24) is 0 Å². The van der Waals surface area contributed by atoms with Gasteiger partial charge in [-0.3, -0.25) is 0 Å².